The van der Waals surface area contributed by atoms with Crippen molar-refractivity contribution in [1.82, 2.24) is 0 Å². The largest absolute Gasteiger partial charge is 0.744 e. The molecule has 4 rings (SSSR count). The van der Waals surface area contributed by atoms with E-state index in [0.29, 0.717) is 12.1 Å². The van der Waals surface area contributed by atoms with Crippen LogP contribution in [0.2, 0.25) is 0 Å². The van der Waals surface area contributed by atoms with Gasteiger partial charge in [0.05, 0.1) is 19.6 Å². The first-order valence-corrected chi connectivity index (χ1v) is 14.4. The first kappa shape index (κ1) is 33.3. The molecule has 14 nitrogen and oxygen atoms in total. The van der Waals surface area contributed by atoms with E-state index in [0.717, 1.165) is 36.4 Å². The lowest BCUT2D eigenvalue weighted by atomic mass is 10.1. The zero-order chi connectivity index (χ0) is 31.5. The van der Waals surface area contributed by atoms with Gasteiger partial charge in [-0.15, -0.1) is 0 Å². The number of benzene rings is 2. The van der Waals surface area contributed by atoms with Gasteiger partial charge in [-0.05, 0) is 23.3 Å². The van der Waals surface area contributed by atoms with E-state index in [1.54, 1.807) is 0 Å². The number of non-ortho nitro benzene ring substituents is 2. The molecule has 0 aliphatic heterocycles. The lowest BCUT2D eigenvalue weighted by Gasteiger charge is -2.12. The van der Waals surface area contributed by atoms with E-state index in [-0.39, 0.29) is 11.1 Å². The monoisotopic (exact) mass is 616 g/mol. The van der Waals surface area contributed by atoms with Gasteiger partial charge in [0.15, 0.2) is 24.8 Å². The molecule has 0 aliphatic rings. The molecule has 0 unspecified atom stereocenters. The number of rotatable bonds is 6. The van der Waals surface area contributed by atoms with Gasteiger partial charge in [0.25, 0.3) is 11.4 Å². The van der Waals surface area contributed by atoms with Crippen molar-refractivity contribution in [1.29, 1.82) is 0 Å². The predicted molar refractivity (Wildman–Crippen MR) is 146 cm³/mol. The highest BCUT2D eigenvalue weighted by Gasteiger charge is 2.16. The van der Waals surface area contributed by atoms with Crippen molar-refractivity contribution >= 4 is 43.8 Å². The number of pyridine rings is 2. The van der Waals surface area contributed by atoms with Crippen LogP contribution in [0.5, 0.6) is 0 Å². The molecule has 0 saturated carbocycles. The van der Waals surface area contributed by atoms with Crippen molar-refractivity contribution < 1.29 is 44.9 Å². The summed E-state index contributed by atoms with van der Waals surface area (Å²) < 4.78 is 72.1. The fraction of sp³-hybridized carbons (Fsp3) is 0.0769. The molecule has 2 aromatic heterocycles. The topological polar surface area (TPSA) is 208 Å². The summed E-state index contributed by atoms with van der Waals surface area (Å²) in [6, 6.07) is 16.8. The van der Waals surface area contributed by atoms with Crippen LogP contribution in [0.25, 0.3) is 12.2 Å². The van der Waals surface area contributed by atoms with Crippen LogP contribution in [-0.4, -0.2) is 35.8 Å². The molecule has 2 aromatic carbocycles. The van der Waals surface area contributed by atoms with Gasteiger partial charge in [0, 0.05) is 48.5 Å². The minimum atomic E-state index is -5.13. The van der Waals surface area contributed by atoms with E-state index in [4.69, 9.17) is 0 Å². The average Bonchev–Trinajstić information content (AvgIpc) is 2.92. The van der Waals surface area contributed by atoms with E-state index < -0.39 is 51.2 Å². The second kappa shape index (κ2) is 14.6. The molecule has 0 aliphatic carbocycles. The van der Waals surface area contributed by atoms with Crippen LogP contribution in [0.1, 0.15) is 11.1 Å². The minimum Gasteiger partial charge on any atom is -0.744 e. The Morgan fingerprint density at radius 3 is 1.12 bits per heavy atom. The molecule has 220 valence electrons. The van der Waals surface area contributed by atoms with Crippen LogP contribution in [0.4, 0.5) is 11.4 Å². The molecule has 0 atom stereocenters. The second-order valence-corrected chi connectivity index (χ2v) is 11.0. The summed E-state index contributed by atoms with van der Waals surface area (Å²) in [7, 11) is -6.25. The summed E-state index contributed by atoms with van der Waals surface area (Å²) in [4.78, 5) is 17.8. The maximum absolute atomic E-state index is 11.4. The summed E-state index contributed by atoms with van der Waals surface area (Å²) in [6.07, 6.45) is 9.87. The predicted octanol–water partition coefficient (Wildman–Crippen LogP) is 2.50. The summed E-state index contributed by atoms with van der Waals surface area (Å²) in [5.41, 5.74) is -1.95. The smallest absolute Gasteiger partial charge is 0.270 e. The highest BCUT2D eigenvalue weighted by Crippen LogP contribution is 2.27. The molecule has 0 N–H and O–H groups in total. The highest BCUT2D eigenvalue weighted by atomic mass is 32.2. The Balaban J connectivity index is 0.000000354. The maximum Gasteiger partial charge on any atom is 0.270 e. The molecule has 16 heteroatoms. The van der Waals surface area contributed by atoms with Gasteiger partial charge in [0.1, 0.15) is 34.3 Å². The lowest BCUT2D eigenvalue weighted by molar-refractivity contribution is -0.671. The third-order valence-electron chi connectivity index (χ3n) is 5.13. The van der Waals surface area contributed by atoms with Crippen molar-refractivity contribution in [2.75, 3.05) is 0 Å². The number of aryl methyl sites for hydroxylation is 2. The minimum absolute atomic E-state index is 0.312. The summed E-state index contributed by atoms with van der Waals surface area (Å²) >= 11 is 0. The average molecular weight is 617 g/mol. The number of nitrogens with zero attached hydrogens (tertiary/aromatic N) is 4. The van der Waals surface area contributed by atoms with Gasteiger partial charge in [-0.2, -0.15) is 0 Å². The van der Waals surface area contributed by atoms with E-state index >= 15 is 0 Å². The lowest BCUT2D eigenvalue weighted by Crippen LogP contribution is -2.25. The molecule has 0 bridgehead atoms. The van der Waals surface area contributed by atoms with Gasteiger partial charge in [-0.1, -0.05) is 24.3 Å². The van der Waals surface area contributed by atoms with Crippen LogP contribution in [0.3, 0.4) is 0 Å². The van der Waals surface area contributed by atoms with Crippen LogP contribution in [0, 0.1) is 20.2 Å². The Morgan fingerprint density at radius 1 is 0.595 bits per heavy atom. The zero-order valence-corrected chi connectivity index (χ0v) is 23.7. The summed E-state index contributed by atoms with van der Waals surface area (Å²) in [5, 5.41) is 21.5. The Hall–Kier alpha value is -4.90. The Kier molecular flexibility index (Phi) is 11.6. The number of nitro groups is 2. The Morgan fingerprint density at radius 2 is 0.905 bits per heavy atom. The third-order valence-corrected chi connectivity index (χ3v) is 6.91. The highest BCUT2D eigenvalue weighted by molar-refractivity contribution is 7.86. The Labute approximate surface area is 241 Å². The fourth-order valence-electron chi connectivity index (χ4n) is 3.13. The molecule has 42 heavy (non-hydrogen) atoms. The molecule has 0 radical (unpaired) electrons. The van der Waals surface area contributed by atoms with Crippen LogP contribution >= 0.6 is 0 Å². The first-order chi connectivity index (χ1) is 19.6. The van der Waals surface area contributed by atoms with Gasteiger partial charge in [-0.3, -0.25) is 20.2 Å². The maximum atomic E-state index is 11.4. The quantitative estimate of drug-likeness (QED) is 0.102. The SMILES string of the molecule is C[n+]1ccccc1.C[n+]1ccccc1.O=[N+]([O-])c1ccc(/C=C/c2ccc([N+](=O)[O-])cc2S(=O)(=O)[O-])c(S(=O)(=O)[O-])c1. The second-order valence-electron chi connectivity index (χ2n) is 8.28. The van der Waals surface area contributed by atoms with Gasteiger partial charge < -0.3 is 9.11 Å². The first-order valence-electron chi connectivity index (χ1n) is 11.6. The van der Waals surface area contributed by atoms with Crippen molar-refractivity contribution in [3.8, 4) is 0 Å². The molecule has 0 amide bonds. The third kappa shape index (κ3) is 10.6. The van der Waals surface area contributed by atoms with E-state index in [1.807, 2.05) is 84.4 Å². The molecule has 4 aromatic rings. The van der Waals surface area contributed by atoms with Crippen LogP contribution in [-0.2, 0) is 34.3 Å². The van der Waals surface area contributed by atoms with Gasteiger partial charge >= 0.3 is 0 Å². The van der Waals surface area contributed by atoms with Crippen LogP contribution < -0.4 is 9.13 Å². The van der Waals surface area contributed by atoms with Gasteiger partial charge in [-0.25, -0.2) is 26.0 Å². The standard InChI is InChI=1S/C14H10N2O10S2.2C6H8N/c17-15(18)11-5-3-9(13(7-11)27(21,22)23)1-2-10-4-6-12(16(19)20)8-14(10)28(24,25)26;2*1-7-5-3-2-4-6-7/h1-8H,(H,21,22,23)(H,24,25,26);2*2-6H,1H3/q;2*+1/p-2/b2-1+;;. The van der Waals surface area contributed by atoms with Crippen LogP contribution in [0.15, 0.2) is 107 Å². The summed E-state index contributed by atoms with van der Waals surface area (Å²) in [6.45, 7) is 0. The molecule has 0 saturated heterocycles. The summed E-state index contributed by atoms with van der Waals surface area (Å²) in [5.74, 6) is 0. The number of aromatic nitrogens is 2. The van der Waals surface area contributed by atoms with Crippen molar-refractivity contribution in [3.63, 3.8) is 0 Å². The van der Waals surface area contributed by atoms with Crippen molar-refractivity contribution in [3.05, 3.63) is 129 Å². The van der Waals surface area contributed by atoms with E-state index in [2.05, 4.69) is 0 Å². The Bertz CT molecular complexity index is 1660. The number of nitro benzene ring substituents is 2. The molecule has 0 fully saturated rings. The molecule has 0 spiro atoms. The van der Waals surface area contributed by atoms with E-state index in [9.17, 15) is 46.2 Å². The number of hydrogen-bond acceptors (Lipinski definition) is 10. The zero-order valence-electron chi connectivity index (χ0n) is 22.1. The fourth-order valence-corrected chi connectivity index (χ4v) is 4.51. The normalized spacial score (nSPS) is 11.0. The van der Waals surface area contributed by atoms with Crippen molar-refractivity contribution in [2.24, 2.45) is 14.1 Å². The molecule has 2 heterocycles. The number of hydrogen-bond donors (Lipinski definition) is 0. The molecular weight excluding hydrogens is 592 g/mol. The molecular formula is C26H24N4O10S2. The van der Waals surface area contributed by atoms with E-state index in [1.165, 1.54) is 0 Å². The van der Waals surface area contributed by atoms with Crippen molar-refractivity contribution in [2.45, 2.75) is 9.79 Å². The van der Waals surface area contributed by atoms with Gasteiger partial charge in [0.2, 0.25) is 0 Å².